The Morgan fingerprint density at radius 3 is 2.67 bits per heavy atom. The average Bonchev–Trinajstić information content (AvgIpc) is 3.07. The molecule has 0 aliphatic carbocycles. The van der Waals surface area contributed by atoms with E-state index in [0.29, 0.717) is 11.1 Å². The average molecular weight is 348 g/mol. The van der Waals surface area contributed by atoms with Crippen molar-refractivity contribution in [3.8, 4) is 0 Å². The molecule has 1 amide bonds. The number of hydrogen-bond acceptors (Lipinski definition) is 6. The number of ether oxygens (including phenoxy) is 1. The normalized spacial score (nSPS) is 11.6. The molecule has 0 saturated heterocycles. The van der Waals surface area contributed by atoms with Gasteiger partial charge in [-0.2, -0.15) is 0 Å². The highest BCUT2D eigenvalue weighted by Gasteiger charge is 2.21. The Hall–Kier alpha value is -2.74. The van der Waals surface area contributed by atoms with Gasteiger partial charge in [-0.05, 0) is 30.5 Å². The molecule has 1 N–H and O–H groups in total. The summed E-state index contributed by atoms with van der Waals surface area (Å²) in [4.78, 5) is 35.2. The molecule has 0 bridgehead atoms. The first kappa shape index (κ1) is 17.6. The number of benzene rings is 1. The highest BCUT2D eigenvalue weighted by atomic mass is 32.1. The Kier molecular flexibility index (Phi) is 5.64. The second kappa shape index (κ2) is 7.69. The first-order valence-electron chi connectivity index (χ1n) is 7.08. The van der Waals surface area contributed by atoms with E-state index in [1.807, 2.05) is 17.5 Å². The maximum absolute atomic E-state index is 12.4. The van der Waals surface area contributed by atoms with E-state index >= 15 is 0 Å². The molecule has 1 heterocycles. The number of esters is 1. The van der Waals surface area contributed by atoms with Crippen LogP contribution in [0, 0.1) is 17.0 Å². The van der Waals surface area contributed by atoms with Crippen LogP contribution in [0.4, 0.5) is 5.69 Å². The van der Waals surface area contributed by atoms with Gasteiger partial charge >= 0.3 is 5.97 Å². The molecule has 0 spiro atoms. The SMILES string of the molecule is COC(=O)CC(NC(=O)c1ccc([N+](=O)[O-])c(C)c1)c1cccs1. The number of hydrogen-bond donors (Lipinski definition) is 1. The molecule has 1 aromatic carbocycles. The van der Waals surface area contributed by atoms with Crippen LogP contribution in [0.25, 0.3) is 0 Å². The Morgan fingerprint density at radius 2 is 2.12 bits per heavy atom. The molecule has 2 aromatic rings. The van der Waals surface area contributed by atoms with Crippen molar-refractivity contribution in [1.29, 1.82) is 0 Å². The third kappa shape index (κ3) is 4.17. The molecule has 1 unspecified atom stereocenters. The fourth-order valence-electron chi connectivity index (χ4n) is 2.21. The summed E-state index contributed by atoms with van der Waals surface area (Å²) in [5.74, 6) is -0.844. The minimum absolute atomic E-state index is 0.00865. The van der Waals surface area contributed by atoms with Gasteiger partial charge in [0.05, 0.1) is 24.5 Å². The zero-order valence-corrected chi connectivity index (χ0v) is 14.0. The van der Waals surface area contributed by atoms with Gasteiger partial charge in [0.1, 0.15) is 0 Å². The Bertz CT molecular complexity index is 758. The largest absolute Gasteiger partial charge is 0.469 e. The lowest BCUT2D eigenvalue weighted by atomic mass is 10.1. The van der Waals surface area contributed by atoms with Crippen molar-refractivity contribution in [2.24, 2.45) is 0 Å². The molecule has 0 fully saturated rings. The highest BCUT2D eigenvalue weighted by molar-refractivity contribution is 7.10. The molecule has 0 radical (unpaired) electrons. The van der Waals surface area contributed by atoms with Crippen LogP contribution < -0.4 is 5.32 Å². The second-order valence-electron chi connectivity index (χ2n) is 5.08. The fraction of sp³-hybridized carbons (Fsp3) is 0.250. The minimum atomic E-state index is -0.513. The fourth-order valence-corrected chi connectivity index (χ4v) is 2.98. The highest BCUT2D eigenvalue weighted by Crippen LogP contribution is 2.24. The summed E-state index contributed by atoms with van der Waals surface area (Å²) in [5.41, 5.74) is 0.647. The molecule has 24 heavy (non-hydrogen) atoms. The number of carbonyl (C=O) groups excluding carboxylic acids is 2. The lowest BCUT2D eigenvalue weighted by Gasteiger charge is -2.16. The third-order valence-corrected chi connectivity index (χ3v) is 4.43. The molecule has 1 aromatic heterocycles. The third-order valence-electron chi connectivity index (χ3n) is 3.45. The maximum atomic E-state index is 12.4. The van der Waals surface area contributed by atoms with E-state index in [9.17, 15) is 19.7 Å². The number of nitrogens with zero attached hydrogens (tertiary/aromatic N) is 1. The monoisotopic (exact) mass is 348 g/mol. The van der Waals surface area contributed by atoms with E-state index in [0.717, 1.165) is 4.88 Å². The summed E-state index contributed by atoms with van der Waals surface area (Å²) in [5, 5.41) is 15.5. The standard InChI is InChI=1S/C16H16N2O5S/c1-10-8-11(5-6-13(10)18(21)22)16(20)17-12(9-15(19)23-2)14-4-3-7-24-14/h3-8,12H,9H2,1-2H3,(H,17,20). The van der Waals surface area contributed by atoms with Crippen molar-refractivity contribution in [3.63, 3.8) is 0 Å². The number of methoxy groups -OCH3 is 1. The van der Waals surface area contributed by atoms with Gasteiger partial charge in [0, 0.05) is 22.1 Å². The topological polar surface area (TPSA) is 98.5 Å². The van der Waals surface area contributed by atoms with Crippen LogP contribution in [0.3, 0.4) is 0 Å². The quantitative estimate of drug-likeness (QED) is 0.491. The van der Waals surface area contributed by atoms with Crippen LogP contribution in [0.2, 0.25) is 0 Å². The van der Waals surface area contributed by atoms with Crippen LogP contribution >= 0.6 is 11.3 Å². The zero-order valence-electron chi connectivity index (χ0n) is 13.1. The number of aryl methyl sites for hydroxylation is 1. The smallest absolute Gasteiger partial charge is 0.307 e. The van der Waals surface area contributed by atoms with Gasteiger partial charge in [-0.3, -0.25) is 19.7 Å². The van der Waals surface area contributed by atoms with Crippen molar-refractivity contribution in [1.82, 2.24) is 5.32 Å². The van der Waals surface area contributed by atoms with Crippen molar-refractivity contribution in [2.75, 3.05) is 7.11 Å². The van der Waals surface area contributed by atoms with Crippen molar-refractivity contribution < 1.29 is 19.2 Å². The summed E-state index contributed by atoms with van der Waals surface area (Å²) < 4.78 is 4.67. The van der Waals surface area contributed by atoms with Gasteiger partial charge in [0.2, 0.25) is 0 Å². The summed E-state index contributed by atoms with van der Waals surface area (Å²) in [6, 6.07) is 7.28. The van der Waals surface area contributed by atoms with E-state index in [2.05, 4.69) is 10.1 Å². The molecular formula is C16H16N2O5S. The molecule has 7 nitrogen and oxygen atoms in total. The predicted octanol–water partition coefficient (Wildman–Crippen LogP) is 3.00. The molecule has 0 aliphatic heterocycles. The zero-order chi connectivity index (χ0) is 17.7. The summed E-state index contributed by atoms with van der Waals surface area (Å²) in [6.45, 7) is 1.57. The van der Waals surface area contributed by atoms with Gasteiger partial charge < -0.3 is 10.1 Å². The van der Waals surface area contributed by atoms with Crippen molar-refractivity contribution in [3.05, 3.63) is 61.8 Å². The van der Waals surface area contributed by atoms with E-state index in [-0.39, 0.29) is 12.1 Å². The minimum Gasteiger partial charge on any atom is -0.469 e. The predicted molar refractivity (Wildman–Crippen MR) is 89.0 cm³/mol. The van der Waals surface area contributed by atoms with Crippen molar-refractivity contribution >= 4 is 28.9 Å². The summed E-state index contributed by atoms with van der Waals surface area (Å²) in [7, 11) is 1.29. The molecule has 8 heteroatoms. The van der Waals surface area contributed by atoms with E-state index in [1.54, 1.807) is 6.92 Å². The first-order valence-corrected chi connectivity index (χ1v) is 7.96. The van der Waals surface area contributed by atoms with Crippen LogP contribution in [-0.4, -0.2) is 23.9 Å². The number of thiophene rings is 1. The maximum Gasteiger partial charge on any atom is 0.307 e. The number of carbonyl (C=O) groups is 2. The number of nitrogens with one attached hydrogen (secondary N) is 1. The van der Waals surface area contributed by atoms with E-state index < -0.39 is 22.8 Å². The number of amides is 1. The van der Waals surface area contributed by atoms with Gasteiger partial charge in [0.25, 0.3) is 11.6 Å². The molecule has 126 valence electrons. The van der Waals surface area contributed by atoms with Crippen LogP contribution in [0.1, 0.15) is 33.3 Å². The molecule has 2 rings (SSSR count). The van der Waals surface area contributed by atoms with Crippen LogP contribution in [0.15, 0.2) is 35.7 Å². The Morgan fingerprint density at radius 1 is 1.38 bits per heavy atom. The summed E-state index contributed by atoms with van der Waals surface area (Å²) in [6.07, 6.45) is 0.00865. The lowest BCUT2D eigenvalue weighted by molar-refractivity contribution is -0.385. The van der Waals surface area contributed by atoms with Crippen molar-refractivity contribution in [2.45, 2.75) is 19.4 Å². The summed E-state index contributed by atoms with van der Waals surface area (Å²) >= 11 is 1.42. The number of nitro benzene ring substituents is 1. The number of rotatable bonds is 6. The molecule has 1 atom stereocenters. The Labute approximate surface area is 142 Å². The second-order valence-corrected chi connectivity index (χ2v) is 6.06. The van der Waals surface area contributed by atoms with E-state index in [4.69, 9.17) is 0 Å². The van der Waals surface area contributed by atoms with Crippen LogP contribution in [-0.2, 0) is 9.53 Å². The first-order chi connectivity index (χ1) is 11.4. The van der Waals surface area contributed by atoms with Gasteiger partial charge in [-0.15, -0.1) is 11.3 Å². The lowest BCUT2D eigenvalue weighted by Crippen LogP contribution is -2.30. The molecular weight excluding hydrogens is 332 g/mol. The van der Waals surface area contributed by atoms with E-state index in [1.165, 1.54) is 36.6 Å². The number of nitro groups is 1. The van der Waals surface area contributed by atoms with Gasteiger partial charge in [0.15, 0.2) is 0 Å². The Balaban J connectivity index is 2.19. The van der Waals surface area contributed by atoms with Gasteiger partial charge in [-0.25, -0.2) is 0 Å². The molecule has 0 aliphatic rings. The van der Waals surface area contributed by atoms with Gasteiger partial charge in [-0.1, -0.05) is 6.07 Å². The van der Waals surface area contributed by atoms with Crippen LogP contribution in [0.5, 0.6) is 0 Å². The molecule has 0 saturated carbocycles.